The minimum absolute atomic E-state index is 0.0456. The van der Waals surface area contributed by atoms with Gasteiger partial charge in [0.15, 0.2) is 0 Å². The molecule has 17 heavy (non-hydrogen) atoms. The second-order valence-corrected chi connectivity index (χ2v) is 4.60. The van der Waals surface area contributed by atoms with E-state index < -0.39 is 0 Å². The third-order valence-corrected chi connectivity index (χ3v) is 3.14. The number of nitrogens with zero attached hydrogens (tertiary/aromatic N) is 2. The molecule has 1 aliphatic rings. The zero-order chi connectivity index (χ0) is 12.7. The Balaban J connectivity index is 2.22. The van der Waals surface area contributed by atoms with Gasteiger partial charge in [-0.3, -0.25) is 10.1 Å². The second kappa shape index (κ2) is 7.63. The molecule has 0 aromatic heterocycles. The molecule has 100 valence electrons. The van der Waals surface area contributed by atoms with Crippen LogP contribution in [-0.4, -0.2) is 68.8 Å². The highest BCUT2D eigenvalue weighted by atomic mass is 16.5. The summed E-state index contributed by atoms with van der Waals surface area (Å²) < 4.78 is 5.02. The van der Waals surface area contributed by atoms with Crippen molar-refractivity contribution < 1.29 is 9.53 Å². The van der Waals surface area contributed by atoms with Gasteiger partial charge in [-0.1, -0.05) is 13.3 Å². The monoisotopic (exact) mass is 243 g/mol. The van der Waals surface area contributed by atoms with Crippen LogP contribution >= 0.6 is 0 Å². The van der Waals surface area contributed by atoms with E-state index in [1.807, 2.05) is 4.90 Å². The number of carbonyl (C=O) groups excluding carboxylic acids is 1. The summed E-state index contributed by atoms with van der Waals surface area (Å²) in [4.78, 5) is 16.0. The van der Waals surface area contributed by atoms with E-state index in [2.05, 4.69) is 24.2 Å². The van der Waals surface area contributed by atoms with Gasteiger partial charge < -0.3 is 14.5 Å². The number of hydrogen-bond donors (Lipinski definition) is 1. The van der Waals surface area contributed by atoms with Crippen molar-refractivity contribution >= 4 is 5.91 Å². The van der Waals surface area contributed by atoms with Crippen molar-refractivity contribution in [1.82, 2.24) is 15.1 Å². The molecule has 0 aromatic carbocycles. The molecule has 1 saturated heterocycles. The molecule has 1 rings (SSSR count). The predicted molar refractivity (Wildman–Crippen MR) is 67.8 cm³/mol. The van der Waals surface area contributed by atoms with E-state index in [-0.39, 0.29) is 11.9 Å². The third-order valence-electron chi connectivity index (χ3n) is 3.14. The molecule has 5 heteroatoms. The lowest BCUT2D eigenvalue weighted by Crippen LogP contribution is -2.37. The molecule has 1 unspecified atom stereocenters. The fourth-order valence-corrected chi connectivity index (χ4v) is 1.96. The van der Waals surface area contributed by atoms with Crippen LogP contribution in [0.2, 0.25) is 0 Å². The van der Waals surface area contributed by atoms with Crippen LogP contribution in [0.25, 0.3) is 0 Å². The number of amides is 1. The number of rotatable bonds is 8. The quantitative estimate of drug-likeness (QED) is 0.658. The Hall–Kier alpha value is -0.650. The first-order chi connectivity index (χ1) is 8.19. The van der Waals surface area contributed by atoms with Gasteiger partial charge in [0.1, 0.15) is 0 Å². The smallest absolute Gasteiger partial charge is 0.240 e. The van der Waals surface area contributed by atoms with Crippen LogP contribution in [0.1, 0.15) is 19.8 Å². The summed E-state index contributed by atoms with van der Waals surface area (Å²) in [5.74, 6) is 0.256. The van der Waals surface area contributed by atoms with Crippen LogP contribution in [0.5, 0.6) is 0 Å². The van der Waals surface area contributed by atoms with Gasteiger partial charge in [-0.25, -0.2) is 0 Å². The molecule has 1 amide bonds. The van der Waals surface area contributed by atoms with Crippen LogP contribution < -0.4 is 5.32 Å². The van der Waals surface area contributed by atoms with Crippen molar-refractivity contribution in [2.24, 2.45) is 0 Å². The van der Waals surface area contributed by atoms with Gasteiger partial charge in [-0.2, -0.15) is 0 Å². The Labute approximate surface area is 104 Å². The standard InChI is InChI=1S/C12H25N3O2/c1-4-5-11-12(16)15(10-13-11)7-6-14(2)8-9-17-3/h11,13H,4-10H2,1-3H3. The van der Waals surface area contributed by atoms with Crippen LogP contribution in [0.3, 0.4) is 0 Å². The van der Waals surface area contributed by atoms with E-state index in [1.54, 1.807) is 7.11 Å². The second-order valence-electron chi connectivity index (χ2n) is 4.60. The van der Waals surface area contributed by atoms with Gasteiger partial charge in [0.2, 0.25) is 5.91 Å². The molecule has 5 nitrogen and oxygen atoms in total. The fraction of sp³-hybridized carbons (Fsp3) is 0.917. The maximum absolute atomic E-state index is 11.9. The molecule has 0 aromatic rings. The number of carbonyl (C=O) groups is 1. The van der Waals surface area contributed by atoms with Crippen molar-refractivity contribution in [3.63, 3.8) is 0 Å². The van der Waals surface area contributed by atoms with E-state index >= 15 is 0 Å². The minimum atomic E-state index is 0.0456. The van der Waals surface area contributed by atoms with Crippen molar-refractivity contribution in [3.8, 4) is 0 Å². The average molecular weight is 243 g/mol. The first-order valence-corrected chi connectivity index (χ1v) is 6.38. The highest BCUT2D eigenvalue weighted by molar-refractivity contribution is 5.83. The first kappa shape index (κ1) is 14.4. The lowest BCUT2D eigenvalue weighted by molar-refractivity contribution is -0.129. The molecule has 0 radical (unpaired) electrons. The summed E-state index contributed by atoms with van der Waals surface area (Å²) >= 11 is 0. The fourth-order valence-electron chi connectivity index (χ4n) is 1.96. The van der Waals surface area contributed by atoms with E-state index in [9.17, 15) is 4.79 Å². The Kier molecular flexibility index (Phi) is 6.47. The molecular formula is C12H25N3O2. The first-order valence-electron chi connectivity index (χ1n) is 6.38. The number of nitrogens with one attached hydrogen (secondary N) is 1. The van der Waals surface area contributed by atoms with Crippen LogP contribution in [0.15, 0.2) is 0 Å². The summed E-state index contributed by atoms with van der Waals surface area (Å²) in [7, 11) is 3.76. The number of likely N-dealkylation sites (N-methyl/N-ethyl adjacent to an activating group) is 1. The molecule has 1 fully saturated rings. The van der Waals surface area contributed by atoms with Crippen molar-refractivity contribution in [3.05, 3.63) is 0 Å². The maximum Gasteiger partial charge on any atom is 0.240 e. The van der Waals surface area contributed by atoms with Crippen molar-refractivity contribution in [2.75, 3.05) is 47.1 Å². The van der Waals surface area contributed by atoms with E-state index in [1.165, 1.54) is 0 Å². The molecule has 1 aliphatic heterocycles. The lowest BCUT2D eigenvalue weighted by atomic mass is 10.2. The Bertz CT molecular complexity index is 236. The summed E-state index contributed by atoms with van der Waals surface area (Å²) in [5.41, 5.74) is 0. The van der Waals surface area contributed by atoms with Crippen molar-refractivity contribution in [2.45, 2.75) is 25.8 Å². The zero-order valence-electron chi connectivity index (χ0n) is 11.2. The predicted octanol–water partition coefficient (Wildman–Crippen LogP) is 0.123. The van der Waals surface area contributed by atoms with Crippen LogP contribution in [-0.2, 0) is 9.53 Å². The minimum Gasteiger partial charge on any atom is -0.383 e. The van der Waals surface area contributed by atoms with E-state index in [0.29, 0.717) is 6.67 Å². The molecular weight excluding hydrogens is 218 g/mol. The summed E-state index contributed by atoms with van der Waals surface area (Å²) in [6.07, 6.45) is 1.99. The van der Waals surface area contributed by atoms with E-state index in [0.717, 1.165) is 39.1 Å². The topological polar surface area (TPSA) is 44.8 Å². The molecule has 0 aliphatic carbocycles. The Morgan fingerprint density at radius 3 is 2.94 bits per heavy atom. The normalized spacial score (nSPS) is 20.6. The van der Waals surface area contributed by atoms with Crippen molar-refractivity contribution in [1.29, 1.82) is 0 Å². The maximum atomic E-state index is 11.9. The van der Waals surface area contributed by atoms with Gasteiger partial charge in [0.05, 0.1) is 19.3 Å². The van der Waals surface area contributed by atoms with Crippen LogP contribution in [0, 0.1) is 0 Å². The molecule has 1 atom stereocenters. The van der Waals surface area contributed by atoms with Gasteiger partial charge in [-0.15, -0.1) is 0 Å². The molecule has 0 saturated carbocycles. The number of ether oxygens (including phenoxy) is 1. The largest absolute Gasteiger partial charge is 0.383 e. The summed E-state index contributed by atoms with van der Waals surface area (Å²) in [6, 6.07) is 0.0456. The SMILES string of the molecule is CCCC1NCN(CCN(C)CCOC)C1=O. The molecule has 0 spiro atoms. The Morgan fingerprint density at radius 1 is 1.53 bits per heavy atom. The van der Waals surface area contributed by atoms with Gasteiger partial charge in [0, 0.05) is 26.7 Å². The lowest BCUT2D eigenvalue weighted by Gasteiger charge is -2.21. The molecule has 1 heterocycles. The average Bonchev–Trinajstić information content (AvgIpc) is 2.66. The van der Waals surface area contributed by atoms with Crippen LogP contribution in [0.4, 0.5) is 0 Å². The van der Waals surface area contributed by atoms with Gasteiger partial charge >= 0.3 is 0 Å². The number of methoxy groups -OCH3 is 1. The summed E-state index contributed by atoms with van der Waals surface area (Å²) in [5, 5.41) is 3.26. The highest BCUT2D eigenvalue weighted by Crippen LogP contribution is 2.08. The zero-order valence-corrected chi connectivity index (χ0v) is 11.2. The highest BCUT2D eigenvalue weighted by Gasteiger charge is 2.29. The third kappa shape index (κ3) is 4.61. The number of hydrogen-bond acceptors (Lipinski definition) is 4. The van der Waals surface area contributed by atoms with Gasteiger partial charge in [0.25, 0.3) is 0 Å². The summed E-state index contributed by atoms with van der Waals surface area (Å²) in [6.45, 7) is 6.14. The molecule has 0 bridgehead atoms. The Morgan fingerprint density at radius 2 is 2.29 bits per heavy atom. The van der Waals surface area contributed by atoms with E-state index in [4.69, 9.17) is 4.74 Å². The molecule has 1 N–H and O–H groups in total. The van der Waals surface area contributed by atoms with Gasteiger partial charge in [-0.05, 0) is 13.5 Å².